The minimum atomic E-state index is 0.112. The van der Waals surface area contributed by atoms with Crippen LogP contribution in [0, 0.1) is 5.41 Å². The number of nitrogens with zero attached hydrogens (tertiary/aromatic N) is 1. The van der Waals surface area contributed by atoms with Crippen molar-refractivity contribution in [1.29, 1.82) is 5.41 Å². The average Bonchev–Trinajstić information content (AvgIpc) is 2.30. The molecule has 0 amide bonds. The fourth-order valence-electron chi connectivity index (χ4n) is 1.55. The maximum Gasteiger partial charge on any atom is 0.122 e. The van der Waals surface area contributed by atoms with E-state index in [4.69, 9.17) is 15.9 Å². The molecule has 0 radical (unpaired) electrons. The van der Waals surface area contributed by atoms with Crippen LogP contribution in [0.25, 0.3) is 0 Å². The maximum atomic E-state index is 7.31. The van der Waals surface area contributed by atoms with Crippen LogP contribution >= 0.6 is 0 Å². The van der Waals surface area contributed by atoms with Gasteiger partial charge < -0.3 is 10.5 Å². The number of hydrogen-bond donors (Lipinski definition) is 2. The number of rotatable bonds is 7. The van der Waals surface area contributed by atoms with E-state index in [-0.39, 0.29) is 5.84 Å². The molecule has 0 saturated carbocycles. The van der Waals surface area contributed by atoms with Crippen molar-refractivity contribution in [3.05, 3.63) is 35.4 Å². The summed E-state index contributed by atoms with van der Waals surface area (Å²) in [5, 5.41) is 7.31. The summed E-state index contributed by atoms with van der Waals surface area (Å²) in [5.41, 5.74) is 7.39. The Morgan fingerprint density at radius 1 is 1.35 bits per heavy atom. The van der Waals surface area contributed by atoms with Crippen LogP contribution in [0.1, 0.15) is 18.1 Å². The second-order valence-electron chi connectivity index (χ2n) is 4.05. The topological polar surface area (TPSA) is 62.3 Å². The highest BCUT2D eigenvalue weighted by Crippen LogP contribution is 2.06. The van der Waals surface area contributed by atoms with Crippen molar-refractivity contribution in [3.63, 3.8) is 0 Å². The van der Waals surface area contributed by atoms with Crippen LogP contribution in [0.5, 0.6) is 0 Å². The molecule has 17 heavy (non-hydrogen) atoms. The lowest BCUT2D eigenvalue weighted by molar-refractivity contribution is 0.120. The van der Waals surface area contributed by atoms with Crippen molar-refractivity contribution in [2.24, 2.45) is 5.73 Å². The Labute approximate surface area is 103 Å². The largest absolute Gasteiger partial charge is 0.384 e. The third-order valence-electron chi connectivity index (χ3n) is 2.54. The normalized spacial score (nSPS) is 10.8. The molecule has 0 heterocycles. The second-order valence-corrected chi connectivity index (χ2v) is 4.05. The zero-order valence-corrected chi connectivity index (χ0v) is 10.6. The molecule has 0 unspecified atom stereocenters. The number of nitrogen functional groups attached to an aromatic ring is 1. The summed E-state index contributed by atoms with van der Waals surface area (Å²) in [5.74, 6) is 0.112. The second kappa shape index (κ2) is 7.04. The summed E-state index contributed by atoms with van der Waals surface area (Å²) < 4.78 is 5.31. The number of likely N-dealkylation sites (N-methyl/N-ethyl adjacent to an activating group) is 1. The van der Waals surface area contributed by atoms with Gasteiger partial charge in [-0.25, -0.2) is 0 Å². The standard InChI is InChI=1S/C13H21N3O/c1-3-17-9-8-16(2)10-11-4-6-12(7-5-11)13(14)15/h4-7H,3,8-10H2,1-2H3,(H3,14,15). The summed E-state index contributed by atoms with van der Waals surface area (Å²) in [6, 6.07) is 7.78. The molecule has 0 aliphatic carbocycles. The van der Waals surface area contributed by atoms with E-state index < -0.39 is 0 Å². The number of ether oxygens (including phenoxy) is 1. The Bertz CT molecular complexity index is 348. The Morgan fingerprint density at radius 2 is 2.00 bits per heavy atom. The number of amidine groups is 1. The summed E-state index contributed by atoms with van der Waals surface area (Å²) in [6.07, 6.45) is 0. The summed E-state index contributed by atoms with van der Waals surface area (Å²) >= 11 is 0. The molecule has 0 saturated heterocycles. The Hall–Kier alpha value is -1.39. The van der Waals surface area contributed by atoms with E-state index in [0.29, 0.717) is 0 Å². The van der Waals surface area contributed by atoms with Gasteiger partial charge in [-0.3, -0.25) is 10.3 Å². The molecule has 4 heteroatoms. The molecule has 0 spiro atoms. The van der Waals surface area contributed by atoms with E-state index >= 15 is 0 Å². The molecule has 0 fully saturated rings. The minimum absolute atomic E-state index is 0.112. The summed E-state index contributed by atoms with van der Waals surface area (Å²) in [7, 11) is 2.07. The van der Waals surface area contributed by atoms with E-state index in [1.54, 1.807) is 0 Å². The molecule has 1 aromatic rings. The van der Waals surface area contributed by atoms with Gasteiger partial charge >= 0.3 is 0 Å². The highest BCUT2D eigenvalue weighted by molar-refractivity contribution is 5.94. The molecule has 0 atom stereocenters. The minimum Gasteiger partial charge on any atom is -0.384 e. The van der Waals surface area contributed by atoms with E-state index in [0.717, 1.165) is 31.9 Å². The zero-order chi connectivity index (χ0) is 12.7. The van der Waals surface area contributed by atoms with Crippen LogP contribution in [-0.4, -0.2) is 37.5 Å². The van der Waals surface area contributed by atoms with Gasteiger partial charge in [0, 0.05) is 25.3 Å². The first-order chi connectivity index (χ1) is 8.13. The average molecular weight is 235 g/mol. The molecule has 1 aromatic carbocycles. The molecule has 3 N–H and O–H groups in total. The highest BCUT2D eigenvalue weighted by Gasteiger charge is 2.01. The molecule has 94 valence electrons. The quantitative estimate of drug-likeness (QED) is 0.427. The SMILES string of the molecule is CCOCCN(C)Cc1ccc(C(=N)N)cc1. The lowest BCUT2D eigenvalue weighted by atomic mass is 10.1. The predicted molar refractivity (Wildman–Crippen MR) is 70.3 cm³/mol. The predicted octanol–water partition coefficient (Wildman–Crippen LogP) is 1.44. The third-order valence-corrected chi connectivity index (χ3v) is 2.54. The van der Waals surface area contributed by atoms with Gasteiger partial charge in [-0.1, -0.05) is 24.3 Å². The van der Waals surface area contributed by atoms with Crippen molar-refractivity contribution in [1.82, 2.24) is 4.90 Å². The fourth-order valence-corrected chi connectivity index (χ4v) is 1.55. The first-order valence-electron chi connectivity index (χ1n) is 5.83. The highest BCUT2D eigenvalue weighted by atomic mass is 16.5. The van der Waals surface area contributed by atoms with Crippen LogP contribution in [0.3, 0.4) is 0 Å². The molecule has 0 aliphatic rings. The first-order valence-corrected chi connectivity index (χ1v) is 5.83. The number of nitrogens with one attached hydrogen (secondary N) is 1. The smallest absolute Gasteiger partial charge is 0.122 e. The molecular formula is C13H21N3O. The van der Waals surface area contributed by atoms with Crippen molar-refractivity contribution >= 4 is 5.84 Å². The summed E-state index contributed by atoms with van der Waals surface area (Å²) in [6.45, 7) is 5.33. The van der Waals surface area contributed by atoms with E-state index in [1.807, 2.05) is 31.2 Å². The zero-order valence-electron chi connectivity index (χ0n) is 10.6. The third kappa shape index (κ3) is 4.97. The van der Waals surface area contributed by atoms with Crippen molar-refractivity contribution in [2.75, 3.05) is 26.8 Å². The lowest BCUT2D eigenvalue weighted by Crippen LogP contribution is -2.22. The number of nitrogens with two attached hydrogens (primary N) is 1. The first kappa shape index (κ1) is 13.7. The van der Waals surface area contributed by atoms with Gasteiger partial charge in [-0.2, -0.15) is 0 Å². The van der Waals surface area contributed by atoms with Crippen molar-refractivity contribution in [3.8, 4) is 0 Å². The van der Waals surface area contributed by atoms with Gasteiger partial charge in [0.15, 0.2) is 0 Å². The monoisotopic (exact) mass is 235 g/mol. The number of benzene rings is 1. The summed E-state index contributed by atoms with van der Waals surface area (Å²) in [4.78, 5) is 2.21. The molecule has 0 bridgehead atoms. The molecule has 4 nitrogen and oxygen atoms in total. The molecule has 0 aliphatic heterocycles. The van der Waals surface area contributed by atoms with Crippen LogP contribution in [0.15, 0.2) is 24.3 Å². The van der Waals surface area contributed by atoms with E-state index in [2.05, 4.69) is 11.9 Å². The maximum absolute atomic E-state index is 7.31. The van der Waals surface area contributed by atoms with E-state index in [1.165, 1.54) is 5.56 Å². The Kier molecular flexibility index (Phi) is 5.66. The Morgan fingerprint density at radius 3 is 2.53 bits per heavy atom. The van der Waals surface area contributed by atoms with Crippen LogP contribution in [0.2, 0.25) is 0 Å². The van der Waals surface area contributed by atoms with Gasteiger partial charge in [-0.05, 0) is 19.5 Å². The van der Waals surface area contributed by atoms with Gasteiger partial charge in [0.05, 0.1) is 6.61 Å². The van der Waals surface area contributed by atoms with Gasteiger partial charge in [0.2, 0.25) is 0 Å². The van der Waals surface area contributed by atoms with E-state index in [9.17, 15) is 0 Å². The lowest BCUT2D eigenvalue weighted by Gasteiger charge is -2.16. The molecular weight excluding hydrogens is 214 g/mol. The van der Waals surface area contributed by atoms with Crippen molar-refractivity contribution in [2.45, 2.75) is 13.5 Å². The molecule has 1 rings (SSSR count). The van der Waals surface area contributed by atoms with Gasteiger partial charge in [-0.15, -0.1) is 0 Å². The van der Waals surface area contributed by atoms with Gasteiger partial charge in [0.1, 0.15) is 5.84 Å². The van der Waals surface area contributed by atoms with Crippen LogP contribution in [0.4, 0.5) is 0 Å². The van der Waals surface area contributed by atoms with Gasteiger partial charge in [0.25, 0.3) is 0 Å². The van der Waals surface area contributed by atoms with Crippen molar-refractivity contribution < 1.29 is 4.74 Å². The van der Waals surface area contributed by atoms with Crippen LogP contribution < -0.4 is 5.73 Å². The Balaban J connectivity index is 2.43. The number of hydrogen-bond acceptors (Lipinski definition) is 3. The van der Waals surface area contributed by atoms with Crippen LogP contribution in [-0.2, 0) is 11.3 Å². The molecule has 0 aromatic heterocycles. The fraction of sp³-hybridized carbons (Fsp3) is 0.462.